The average Bonchev–Trinajstić information content (AvgIpc) is 2.23. The van der Waals surface area contributed by atoms with E-state index in [1.165, 1.54) is 31.3 Å². The zero-order valence-corrected chi connectivity index (χ0v) is 46.3. The van der Waals surface area contributed by atoms with E-state index in [-0.39, 0.29) is 17.6 Å². The Bertz CT molecular complexity index is 5280. The quantitative estimate of drug-likeness (QED) is 0.0954. The lowest BCUT2D eigenvalue weighted by Gasteiger charge is -2.36. The molecule has 3 aromatic heterocycles. The smallest absolute Gasteiger partial charge is 0.179 e. The van der Waals surface area contributed by atoms with Crippen LogP contribution in [0.15, 0.2) is 315 Å². The van der Waals surface area contributed by atoms with E-state index in [0.29, 0.717) is 11.3 Å². The first-order valence-electron chi connectivity index (χ1n) is 30.3. The monoisotopic (exact) mass is 1080 g/mol. The number of rotatable bonds is 10. The van der Waals surface area contributed by atoms with Gasteiger partial charge >= 0.3 is 0 Å². The van der Waals surface area contributed by atoms with Crippen LogP contribution in [0.5, 0.6) is 0 Å². The number of aromatic nitrogens is 2. The topological polar surface area (TPSA) is 9.86 Å². The first-order chi connectivity index (χ1) is 42.8. The zero-order valence-electron chi connectivity index (χ0n) is 49.4. The summed E-state index contributed by atoms with van der Waals surface area (Å²) in [5, 5.41) is 11.3. The molecule has 0 radical (unpaired) electrons. The summed E-state index contributed by atoms with van der Waals surface area (Å²) in [6.07, 6.45) is 0. The van der Waals surface area contributed by atoms with Crippen LogP contribution in [0.4, 0.5) is 0 Å². The van der Waals surface area contributed by atoms with Gasteiger partial charge < -0.3 is 9.13 Å². The van der Waals surface area contributed by atoms with Gasteiger partial charge in [0.2, 0.25) is 0 Å². The van der Waals surface area contributed by atoms with Crippen LogP contribution < -0.4 is 20.7 Å². The summed E-state index contributed by atoms with van der Waals surface area (Å²) in [6, 6.07) is 100. The summed E-state index contributed by atoms with van der Waals surface area (Å²) >= 11 is 1.85. The largest absolute Gasteiger partial charge is 0.309 e. The molecule has 0 atom stereocenters. The second-order valence-corrected chi connectivity index (χ2v) is 25.9. The summed E-state index contributed by atoms with van der Waals surface area (Å²) in [6.45, 7) is 0. The average molecular weight is 1080 g/mol. The molecule has 0 aliphatic carbocycles. The maximum Gasteiger partial charge on any atom is 0.179 e. The van der Waals surface area contributed by atoms with Gasteiger partial charge in [-0.05, 0) is 79.4 Å². The Morgan fingerprint density at radius 1 is 0.305 bits per heavy atom. The molecular formula is C78H52N2SSi. The second kappa shape index (κ2) is 19.6. The Morgan fingerprint density at radius 3 is 1.44 bits per heavy atom. The van der Waals surface area contributed by atoms with Crippen molar-refractivity contribution in [1.29, 1.82) is 0 Å². The number of thiophene rings is 1. The van der Waals surface area contributed by atoms with Crippen molar-refractivity contribution in [3.05, 3.63) is 315 Å². The standard InChI is InChI=1S/C78H52N2SSi/c1-6-26-53(27-7-1)69-51-59(82(56-30-10-3-11-31-56,57-32-12-4-13-33-57)58-34-14-5-15-35-58)52-70(54-28-8-2-9-29-54)77(69)80-73-46-22-19-39-63(73)71-50-55(48-49-74(71)80)79-72-45-21-18-38-62(72)66-42-24-41-65(76(66)79)60-36-16-17-37-61(60)67-43-25-44-68-64-40-20-23-47-75(64)81-78(67)68/h1-52H/i1D,6D,7D,26D,27D. The van der Waals surface area contributed by atoms with Gasteiger partial charge in [0.25, 0.3) is 0 Å². The Morgan fingerprint density at radius 2 is 0.780 bits per heavy atom. The Labute approximate surface area is 488 Å². The first kappa shape index (κ1) is 42.8. The second-order valence-electron chi connectivity index (χ2n) is 21.1. The van der Waals surface area contributed by atoms with Crippen molar-refractivity contribution in [3.8, 4) is 55.9 Å². The highest BCUT2D eigenvalue weighted by atomic mass is 32.1. The van der Waals surface area contributed by atoms with E-state index in [4.69, 9.17) is 1.37 Å². The van der Waals surface area contributed by atoms with E-state index in [1.807, 2.05) is 29.5 Å². The molecular weight excluding hydrogens is 1030 g/mol. The molecule has 4 heteroatoms. The van der Waals surface area contributed by atoms with Crippen molar-refractivity contribution in [2.75, 3.05) is 0 Å². The molecule has 82 heavy (non-hydrogen) atoms. The highest BCUT2D eigenvalue weighted by molar-refractivity contribution is 7.26. The van der Waals surface area contributed by atoms with Gasteiger partial charge in [0.15, 0.2) is 8.07 Å². The Kier molecular flexibility index (Phi) is 10.2. The number of fused-ring (bicyclic) bond motifs is 9. The maximum atomic E-state index is 9.88. The predicted octanol–water partition coefficient (Wildman–Crippen LogP) is 18.3. The summed E-state index contributed by atoms with van der Waals surface area (Å²) in [5.74, 6) is 0. The fourth-order valence-electron chi connectivity index (χ4n) is 13.3. The third kappa shape index (κ3) is 7.46. The van der Waals surface area contributed by atoms with Crippen LogP contribution in [0.3, 0.4) is 0 Å². The summed E-state index contributed by atoms with van der Waals surface area (Å²) in [5.41, 5.74) is 12.8. The molecule has 2 nitrogen and oxygen atoms in total. The van der Waals surface area contributed by atoms with Crippen LogP contribution >= 0.6 is 11.3 Å². The van der Waals surface area contributed by atoms with Crippen LogP contribution in [0.25, 0.3) is 120 Å². The van der Waals surface area contributed by atoms with Gasteiger partial charge in [-0.3, -0.25) is 0 Å². The van der Waals surface area contributed by atoms with Gasteiger partial charge in [-0.15, -0.1) is 11.3 Å². The lowest BCUT2D eigenvalue weighted by Crippen LogP contribution is -2.74. The molecule has 0 aliphatic rings. The highest BCUT2D eigenvalue weighted by Crippen LogP contribution is 2.47. The molecule has 16 rings (SSSR count). The summed E-state index contributed by atoms with van der Waals surface area (Å²) < 4.78 is 54.5. The third-order valence-electron chi connectivity index (χ3n) is 16.8. The van der Waals surface area contributed by atoms with E-state index in [0.717, 1.165) is 92.3 Å². The van der Waals surface area contributed by atoms with Crippen LogP contribution in [-0.4, -0.2) is 17.2 Å². The van der Waals surface area contributed by atoms with Crippen LogP contribution in [0, 0.1) is 0 Å². The van der Waals surface area contributed by atoms with Crippen LogP contribution in [-0.2, 0) is 0 Å². The number of hydrogen-bond donors (Lipinski definition) is 0. The van der Waals surface area contributed by atoms with E-state index < -0.39 is 26.2 Å². The van der Waals surface area contributed by atoms with E-state index in [1.54, 1.807) is 0 Å². The molecule has 384 valence electrons. The molecule has 13 aromatic carbocycles. The fraction of sp³-hybridized carbons (Fsp3) is 0. The highest BCUT2D eigenvalue weighted by Gasteiger charge is 2.42. The van der Waals surface area contributed by atoms with Crippen molar-refractivity contribution < 1.29 is 6.85 Å². The normalized spacial score (nSPS) is 12.8. The van der Waals surface area contributed by atoms with E-state index in [2.05, 4.69) is 276 Å². The molecule has 0 aliphatic heterocycles. The lowest BCUT2D eigenvalue weighted by molar-refractivity contribution is 1.17. The minimum Gasteiger partial charge on any atom is -0.309 e. The zero-order chi connectivity index (χ0) is 58.5. The molecule has 0 spiro atoms. The van der Waals surface area contributed by atoms with E-state index in [9.17, 15) is 5.48 Å². The summed E-state index contributed by atoms with van der Waals surface area (Å²) in [4.78, 5) is 0. The van der Waals surface area contributed by atoms with Crippen molar-refractivity contribution in [1.82, 2.24) is 9.13 Å². The van der Waals surface area contributed by atoms with Crippen molar-refractivity contribution in [2.24, 2.45) is 0 Å². The van der Waals surface area contributed by atoms with Crippen molar-refractivity contribution in [2.45, 2.75) is 0 Å². The van der Waals surface area contributed by atoms with Crippen molar-refractivity contribution in [3.63, 3.8) is 0 Å². The molecule has 0 amide bonds. The van der Waals surface area contributed by atoms with E-state index >= 15 is 0 Å². The number of nitrogens with zero attached hydrogens (tertiary/aromatic N) is 2. The van der Waals surface area contributed by atoms with Gasteiger partial charge in [-0.25, -0.2) is 0 Å². The molecule has 3 heterocycles. The molecule has 0 fully saturated rings. The van der Waals surface area contributed by atoms with Gasteiger partial charge in [-0.2, -0.15) is 0 Å². The van der Waals surface area contributed by atoms with Gasteiger partial charge in [0.1, 0.15) is 0 Å². The van der Waals surface area contributed by atoms with Gasteiger partial charge in [0, 0.05) is 69.7 Å². The minimum atomic E-state index is -3.34. The number of para-hydroxylation sites is 3. The number of hydrogen-bond acceptors (Lipinski definition) is 1. The molecule has 0 saturated carbocycles. The summed E-state index contributed by atoms with van der Waals surface area (Å²) in [7, 11) is -3.34. The van der Waals surface area contributed by atoms with Gasteiger partial charge in [-0.1, -0.05) is 279 Å². The SMILES string of the molecule is [2H]c1c([2H])c([2H])c(-c2cc([Si](c3ccccc3)(c3ccccc3)c3ccccc3)cc(-c3ccccc3)c2-n2c3ccccc3c3cc(-n4c5ccccc5c5cccc(-c6ccccc6-c6cccc7c6sc6ccccc67)c54)ccc32)c([2H])c1[2H]. The van der Waals surface area contributed by atoms with Crippen LogP contribution in [0.1, 0.15) is 6.85 Å². The maximum absolute atomic E-state index is 9.88. The minimum absolute atomic E-state index is 0.136. The first-order valence-corrected chi connectivity index (χ1v) is 30.6. The molecule has 0 N–H and O–H groups in total. The molecule has 0 unspecified atom stereocenters. The Hall–Kier alpha value is -10.1. The molecule has 16 aromatic rings. The predicted molar refractivity (Wildman–Crippen MR) is 353 cm³/mol. The van der Waals surface area contributed by atoms with Crippen LogP contribution in [0.2, 0.25) is 0 Å². The third-order valence-corrected chi connectivity index (χ3v) is 22.7. The van der Waals surface area contributed by atoms with Crippen molar-refractivity contribution >= 4 is 104 Å². The lowest BCUT2D eigenvalue weighted by atomic mass is 9.92. The molecule has 0 bridgehead atoms. The number of benzene rings is 13. The Balaban J connectivity index is 1.00. The fourth-order valence-corrected chi connectivity index (χ4v) is 19.4. The molecule has 0 saturated heterocycles. The van der Waals surface area contributed by atoms with Gasteiger partial charge in [0.05, 0.1) is 34.6 Å².